The largest absolute Gasteiger partial charge is 0.384 e. The lowest BCUT2D eigenvalue weighted by molar-refractivity contribution is -0.157. The zero-order chi connectivity index (χ0) is 17.3. The zero-order valence-electron chi connectivity index (χ0n) is 14.1. The van der Waals surface area contributed by atoms with Gasteiger partial charge in [0.1, 0.15) is 6.54 Å². The van der Waals surface area contributed by atoms with E-state index < -0.39 is 5.41 Å². The molecule has 0 spiro atoms. The Kier molecular flexibility index (Phi) is 4.83. The molecule has 1 saturated carbocycles. The Balaban J connectivity index is 1.74. The second-order valence-corrected chi connectivity index (χ2v) is 7.27. The number of anilines is 1. The fourth-order valence-corrected chi connectivity index (χ4v) is 3.72. The van der Waals surface area contributed by atoms with Gasteiger partial charge in [0.05, 0.1) is 12.0 Å². The molecular weight excluding hydrogens is 328 g/mol. The number of benzene rings is 1. The molecule has 5 nitrogen and oxygen atoms in total. The highest BCUT2D eigenvalue weighted by atomic mass is 35.5. The van der Waals surface area contributed by atoms with E-state index in [1.807, 2.05) is 19.1 Å². The number of carbonyl (C=O) groups is 2. The Morgan fingerprint density at radius 3 is 2.54 bits per heavy atom. The Hall–Kier alpha value is -1.59. The van der Waals surface area contributed by atoms with Gasteiger partial charge in [-0.3, -0.25) is 9.59 Å². The number of ether oxygens (including phenoxy) is 1. The molecule has 1 aromatic rings. The summed E-state index contributed by atoms with van der Waals surface area (Å²) in [6.07, 6.45) is 2.73. The topological polar surface area (TPSA) is 49.9 Å². The maximum atomic E-state index is 13.0. The summed E-state index contributed by atoms with van der Waals surface area (Å²) in [5.74, 6) is 0.00266. The third-order valence-corrected chi connectivity index (χ3v) is 5.42. The minimum absolute atomic E-state index is 0.0276. The molecule has 2 aliphatic rings. The van der Waals surface area contributed by atoms with Crippen molar-refractivity contribution in [3.05, 3.63) is 29.3 Å². The molecule has 1 aromatic carbocycles. The van der Waals surface area contributed by atoms with Crippen LogP contribution < -0.4 is 4.90 Å². The molecule has 2 amide bonds. The van der Waals surface area contributed by atoms with E-state index in [9.17, 15) is 9.59 Å². The van der Waals surface area contributed by atoms with Crippen LogP contribution in [0.1, 0.15) is 26.2 Å². The Morgan fingerprint density at radius 2 is 2.00 bits per heavy atom. The summed E-state index contributed by atoms with van der Waals surface area (Å²) in [6.45, 7) is 3.04. The number of carbonyl (C=O) groups excluding carboxylic acids is 2. The van der Waals surface area contributed by atoms with Crippen LogP contribution in [0.25, 0.3) is 0 Å². The standard InChI is InChI=1S/C18H23ClN2O3/c1-13-10-21(15-6-4-14(19)5-7-15)16(22)11-20(13)17(23)18(12-24-2)8-3-9-18/h4-7,13H,3,8-12H2,1-2H3. The van der Waals surface area contributed by atoms with E-state index in [2.05, 4.69) is 0 Å². The van der Waals surface area contributed by atoms with Gasteiger partial charge in [-0.2, -0.15) is 0 Å². The molecule has 0 aromatic heterocycles. The van der Waals surface area contributed by atoms with Crippen LogP contribution in [0.3, 0.4) is 0 Å². The van der Waals surface area contributed by atoms with Gasteiger partial charge < -0.3 is 14.5 Å². The van der Waals surface area contributed by atoms with Crippen molar-refractivity contribution in [1.82, 2.24) is 4.90 Å². The van der Waals surface area contributed by atoms with Crippen molar-refractivity contribution >= 4 is 29.1 Å². The highest BCUT2D eigenvalue weighted by Crippen LogP contribution is 2.43. The van der Waals surface area contributed by atoms with Crippen molar-refractivity contribution in [3.63, 3.8) is 0 Å². The molecule has 1 saturated heterocycles. The minimum Gasteiger partial charge on any atom is -0.384 e. The van der Waals surface area contributed by atoms with Crippen LogP contribution in [0, 0.1) is 5.41 Å². The third kappa shape index (κ3) is 3.03. The molecule has 130 valence electrons. The second-order valence-electron chi connectivity index (χ2n) is 6.83. The van der Waals surface area contributed by atoms with Crippen molar-refractivity contribution in [3.8, 4) is 0 Å². The van der Waals surface area contributed by atoms with Gasteiger partial charge in [-0.25, -0.2) is 0 Å². The molecule has 3 rings (SSSR count). The first kappa shape index (κ1) is 17.2. The summed E-state index contributed by atoms with van der Waals surface area (Å²) in [7, 11) is 1.63. The predicted molar refractivity (Wildman–Crippen MR) is 93.1 cm³/mol. The summed E-state index contributed by atoms with van der Waals surface area (Å²) in [4.78, 5) is 29.1. The lowest BCUT2D eigenvalue weighted by Crippen LogP contribution is -2.61. The normalized spacial score (nSPS) is 23.1. The average molecular weight is 351 g/mol. The summed E-state index contributed by atoms with van der Waals surface area (Å²) < 4.78 is 5.27. The van der Waals surface area contributed by atoms with Crippen molar-refractivity contribution < 1.29 is 14.3 Å². The van der Waals surface area contributed by atoms with Gasteiger partial charge in [0, 0.05) is 30.4 Å². The molecule has 0 radical (unpaired) electrons. The molecule has 1 unspecified atom stereocenters. The fourth-order valence-electron chi connectivity index (χ4n) is 3.60. The summed E-state index contributed by atoms with van der Waals surface area (Å²) >= 11 is 5.91. The maximum Gasteiger partial charge on any atom is 0.246 e. The maximum absolute atomic E-state index is 13.0. The second kappa shape index (κ2) is 6.73. The van der Waals surface area contributed by atoms with Gasteiger partial charge in [0.15, 0.2) is 0 Å². The summed E-state index contributed by atoms with van der Waals surface area (Å²) in [5.41, 5.74) is 0.393. The summed E-state index contributed by atoms with van der Waals surface area (Å²) in [5, 5.41) is 0.638. The molecule has 6 heteroatoms. The first-order valence-electron chi connectivity index (χ1n) is 8.33. The lowest BCUT2D eigenvalue weighted by atomic mass is 9.68. The van der Waals surface area contributed by atoms with Crippen molar-refractivity contribution in [2.24, 2.45) is 5.41 Å². The molecule has 1 aliphatic carbocycles. The van der Waals surface area contributed by atoms with Gasteiger partial charge in [0.2, 0.25) is 11.8 Å². The number of amides is 2. The smallest absolute Gasteiger partial charge is 0.246 e. The van der Waals surface area contributed by atoms with Gasteiger partial charge in [0.25, 0.3) is 0 Å². The molecular formula is C18H23ClN2O3. The van der Waals surface area contributed by atoms with Gasteiger partial charge in [-0.1, -0.05) is 18.0 Å². The first-order valence-corrected chi connectivity index (χ1v) is 8.70. The van der Waals surface area contributed by atoms with E-state index in [-0.39, 0.29) is 24.4 Å². The molecule has 0 bridgehead atoms. The van der Waals surface area contributed by atoms with Crippen LogP contribution in [0.2, 0.25) is 5.02 Å². The number of hydrogen-bond acceptors (Lipinski definition) is 3. The Morgan fingerprint density at radius 1 is 1.33 bits per heavy atom. The van der Waals surface area contributed by atoms with E-state index in [0.29, 0.717) is 18.2 Å². The fraction of sp³-hybridized carbons (Fsp3) is 0.556. The van der Waals surface area contributed by atoms with Crippen LogP contribution in [-0.4, -0.2) is 49.6 Å². The molecule has 1 atom stereocenters. The average Bonchev–Trinajstić information content (AvgIpc) is 2.53. The Labute approximate surface area is 147 Å². The van der Waals surface area contributed by atoms with E-state index >= 15 is 0 Å². The number of hydrogen-bond donors (Lipinski definition) is 0. The number of piperazine rings is 1. The van der Waals surface area contributed by atoms with E-state index in [0.717, 1.165) is 24.9 Å². The van der Waals surface area contributed by atoms with Crippen LogP contribution in [0.4, 0.5) is 5.69 Å². The molecule has 0 N–H and O–H groups in total. The predicted octanol–water partition coefficient (Wildman–Crippen LogP) is 2.72. The van der Waals surface area contributed by atoms with Crippen LogP contribution in [0.5, 0.6) is 0 Å². The third-order valence-electron chi connectivity index (χ3n) is 5.17. The van der Waals surface area contributed by atoms with Gasteiger partial charge >= 0.3 is 0 Å². The van der Waals surface area contributed by atoms with Crippen molar-refractivity contribution in [1.29, 1.82) is 0 Å². The molecule has 1 aliphatic heterocycles. The van der Waals surface area contributed by atoms with Crippen LogP contribution >= 0.6 is 11.6 Å². The number of methoxy groups -OCH3 is 1. The summed E-state index contributed by atoms with van der Waals surface area (Å²) in [6, 6.07) is 7.19. The van der Waals surface area contributed by atoms with E-state index in [1.165, 1.54) is 0 Å². The van der Waals surface area contributed by atoms with E-state index in [4.69, 9.17) is 16.3 Å². The highest BCUT2D eigenvalue weighted by Gasteiger charge is 2.48. The monoisotopic (exact) mass is 350 g/mol. The SMILES string of the molecule is COCC1(C(=O)N2CC(=O)N(c3ccc(Cl)cc3)CC2C)CCC1. The minimum atomic E-state index is -0.425. The van der Waals surface area contributed by atoms with Crippen molar-refractivity contribution in [2.75, 3.05) is 31.7 Å². The van der Waals surface area contributed by atoms with E-state index in [1.54, 1.807) is 29.0 Å². The molecule has 2 fully saturated rings. The van der Waals surface area contributed by atoms with Crippen LogP contribution in [0.15, 0.2) is 24.3 Å². The number of rotatable bonds is 4. The number of nitrogens with zero attached hydrogens (tertiary/aromatic N) is 2. The first-order chi connectivity index (χ1) is 11.5. The Bertz CT molecular complexity index is 628. The van der Waals surface area contributed by atoms with Crippen LogP contribution in [-0.2, 0) is 14.3 Å². The van der Waals surface area contributed by atoms with Gasteiger partial charge in [-0.15, -0.1) is 0 Å². The number of halogens is 1. The van der Waals surface area contributed by atoms with Gasteiger partial charge in [-0.05, 0) is 44.0 Å². The quantitative estimate of drug-likeness (QED) is 0.839. The highest BCUT2D eigenvalue weighted by molar-refractivity contribution is 6.30. The molecule has 1 heterocycles. The lowest BCUT2D eigenvalue weighted by Gasteiger charge is -2.47. The van der Waals surface area contributed by atoms with Crippen molar-refractivity contribution in [2.45, 2.75) is 32.2 Å². The molecule has 24 heavy (non-hydrogen) atoms. The zero-order valence-corrected chi connectivity index (χ0v) is 14.9.